The van der Waals surface area contributed by atoms with Crippen LogP contribution in [0.5, 0.6) is 5.75 Å². The first-order valence-electron chi connectivity index (χ1n) is 14.1. The Hall–Kier alpha value is -3.52. The largest absolute Gasteiger partial charge is 0.493 e. The molecule has 5 rings (SSSR count). The topological polar surface area (TPSA) is 46.6 Å². The third kappa shape index (κ3) is 6.08. The summed E-state index contributed by atoms with van der Waals surface area (Å²) in [6.07, 6.45) is 9.24. The van der Waals surface area contributed by atoms with Crippen molar-refractivity contribution in [2.75, 3.05) is 19.7 Å². The van der Waals surface area contributed by atoms with Crippen LogP contribution >= 0.6 is 23.2 Å². The predicted molar refractivity (Wildman–Crippen MR) is 165 cm³/mol. The maximum Gasteiger partial charge on any atom is 0.219 e. The summed E-state index contributed by atoms with van der Waals surface area (Å²) in [7, 11) is 0. The molecular weight excluding hydrogens is 553 g/mol. The van der Waals surface area contributed by atoms with Gasteiger partial charge in [0.2, 0.25) is 5.91 Å². The van der Waals surface area contributed by atoms with Crippen molar-refractivity contribution < 1.29 is 14.3 Å². The molecule has 1 aliphatic heterocycles. The van der Waals surface area contributed by atoms with Gasteiger partial charge in [-0.2, -0.15) is 0 Å². The number of nitrogens with zero attached hydrogens (tertiary/aromatic N) is 1. The van der Waals surface area contributed by atoms with E-state index in [0.717, 1.165) is 27.8 Å². The number of halogens is 2. The predicted octanol–water partition coefficient (Wildman–Crippen LogP) is 7.78. The molecule has 210 valence electrons. The van der Waals surface area contributed by atoms with Crippen LogP contribution in [0.3, 0.4) is 0 Å². The second-order valence-corrected chi connectivity index (χ2v) is 11.6. The summed E-state index contributed by atoms with van der Waals surface area (Å²) < 4.78 is 6.09. The molecule has 0 aromatic heterocycles. The molecule has 2 aliphatic rings. The van der Waals surface area contributed by atoms with Crippen LogP contribution in [0.1, 0.15) is 60.8 Å². The highest BCUT2D eigenvalue weighted by Gasteiger charge is 2.46. The molecule has 3 aromatic carbocycles. The third-order valence-electron chi connectivity index (χ3n) is 8.36. The summed E-state index contributed by atoms with van der Waals surface area (Å²) in [4.78, 5) is 28.5. The Morgan fingerprint density at radius 3 is 2.12 bits per heavy atom. The number of Topliss-reactive ketones (excluding diaryl/α,β-unsaturated/α-hetero) is 1. The Bertz CT molecular complexity index is 1500. The van der Waals surface area contributed by atoms with Crippen LogP contribution in [-0.4, -0.2) is 36.3 Å². The maximum atomic E-state index is 14.7. The van der Waals surface area contributed by atoms with E-state index in [1.807, 2.05) is 78.6 Å². The minimum absolute atomic E-state index is 0.0501. The van der Waals surface area contributed by atoms with Gasteiger partial charge in [-0.05, 0) is 78.9 Å². The van der Waals surface area contributed by atoms with E-state index in [-0.39, 0.29) is 29.4 Å². The first-order valence-corrected chi connectivity index (χ1v) is 14.8. The van der Waals surface area contributed by atoms with Crippen molar-refractivity contribution in [3.8, 4) is 18.1 Å². The van der Waals surface area contributed by atoms with E-state index < -0.39 is 5.92 Å². The second kappa shape index (κ2) is 12.6. The average Bonchev–Trinajstić information content (AvgIpc) is 3.38. The Morgan fingerprint density at radius 2 is 1.56 bits per heavy atom. The quantitative estimate of drug-likeness (QED) is 0.266. The first-order chi connectivity index (χ1) is 19.8. The van der Waals surface area contributed by atoms with Gasteiger partial charge in [0, 0.05) is 58.9 Å². The molecule has 0 spiro atoms. The molecule has 3 aromatic rings. The van der Waals surface area contributed by atoms with Crippen LogP contribution in [-0.2, 0) is 9.59 Å². The zero-order valence-corrected chi connectivity index (χ0v) is 24.8. The van der Waals surface area contributed by atoms with Crippen molar-refractivity contribution >= 4 is 40.5 Å². The fraction of sp³-hybridized carbons (Fsp3) is 0.314. The maximum absolute atomic E-state index is 14.7. The number of hydrogen-bond donors (Lipinski definition) is 0. The lowest BCUT2D eigenvalue weighted by Crippen LogP contribution is -2.41. The summed E-state index contributed by atoms with van der Waals surface area (Å²) in [5.41, 5.74) is 4.65. The van der Waals surface area contributed by atoms with Gasteiger partial charge in [0.15, 0.2) is 0 Å². The van der Waals surface area contributed by atoms with Crippen LogP contribution in [0.4, 0.5) is 0 Å². The number of terminal acetylenes is 1. The summed E-state index contributed by atoms with van der Waals surface area (Å²) >= 11 is 12.6. The van der Waals surface area contributed by atoms with E-state index in [9.17, 15) is 9.59 Å². The number of hydrogen-bond acceptors (Lipinski definition) is 3. The normalized spacial score (nSPS) is 20.8. The van der Waals surface area contributed by atoms with Crippen molar-refractivity contribution in [1.29, 1.82) is 0 Å². The molecule has 1 saturated heterocycles. The minimum atomic E-state index is -0.429. The van der Waals surface area contributed by atoms with E-state index in [0.29, 0.717) is 48.3 Å². The molecule has 3 atom stereocenters. The molecule has 1 amide bonds. The number of carbonyl (C=O) groups excluding carboxylic acids is 2. The lowest BCUT2D eigenvalue weighted by atomic mass is 9.71. The fourth-order valence-corrected chi connectivity index (χ4v) is 6.57. The van der Waals surface area contributed by atoms with Crippen molar-refractivity contribution in [2.45, 2.75) is 38.5 Å². The Labute approximate surface area is 252 Å². The fourth-order valence-electron chi connectivity index (χ4n) is 6.32. The van der Waals surface area contributed by atoms with E-state index in [4.69, 9.17) is 34.4 Å². The molecule has 0 saturated carbocycles. The highest BCUT2D eigenvalue weighted by Crippen LogP contribution is 2.54. The standard InChI is InChI=1S/C35H33Cl2NO3/c1-4-23-6-15-29(32(20-23)41-5-2)31-21-30(24-7-11-27(36)12-8-24)33(25-9-13-28(37)14-10-25)34(31)35(40)26-16-18-38(19-17-26)22(3)39/h1,6-15,20-21,26,30,33-34H,5,16-19H2,2-3H3. The summed E-state index contributed by atoms with van der Waals surface area (Å²) in [6, 6.07) is 21.4. The summed E-state index contributed by atoms with van der Waals surface area (Å²) in [6.45, 7) is 5.17. The molecule has 1 heterocycles. The van der Waals surface area contributed by atoms with Gasteiger partial charge in [0.1, 0.15) is 11.5 Å². The van der Waals surface area contributed by atoms with Gasteiger partial charge in [0.25, 0.3) is 0 Å². The monoisotopic (exact) mass is 585 g/mol. The van der Waals surface area contributed by atoms with Crippen molar-refractivity contribution in [3.63, 3.8) is 0 Å². The molecule has 4 nitrogen and oxygen atoms in total. The molecule has 0 N–H and O–H groups in total. The van der Waals surface area contributed by atoms with Crippen LogP contribution < -0.4 is 4.74 Å². The smallest absolute Gasteiger partial charge is 0.219 e. The van der Waals surface area contributed by atoms with E-state index >= 15 is 0 Å². The Morgan fingerprint density at radius 1 is 0.951 bits per heavy atom. The van der Waals surface area contributed by atoms with Crippen LogP contribution in [0, 0.1) is 24.2 Å². The van der Waals surface area contributed by atoms with Gasteiger partial charge in [0.05, 0.1) is 12.5 Å². The number of allylic oxidation sites excluding steroid dienone is 2. The molecule has 0 radical (unpaired) electrons. The van der Waals surface area contributed by atoms with Crippen molar-refractivity contribution in [2.24, 2.45) is 11.8 Å². The molecule has 41 heavy (non-hydrogen) atoms. The summed E-state index contributed by atoms with van der Waals surface area (Å²) in [5.74, 6) is 2.78. The average molecular weight is 587 g/mol. The van der Waals surface area contributed by atoms with Gasteiger partial charge in [-0.25, -0.2) is 0 Å². The lowest BCUT2D eigenvalue weighted by molar-refractivity contribution is -0.134. The number of ether oxygens (including phenoxy) is 1. The number of carbonyl (C=O) groups is 2. The van der Waals surface area contributed by atoms with Gasteiger partial charge in [-0.3, -0.25) is 9.59 Å². The highest BCUT2D eigenvalue weighted by molar-refractivity contribution is 6.30. The van der Waals surface area contributed by atoms with Gasteiger partial charge in [-0.1, -0.05) is 59.5 Å². The molecular formula is C35H33Cl2NO3. The minimum Gasteiger partial charge on any atom is -0.493 e. The second-order valence-electron chi connectivity index (χ2n) is 10.7. The summed E-state index contributed by atoms with van der Waals surface area (Å²) in [5, 5.41) is 1.30. The number of ketones is 1. The van der Waals surface area contributed by atoms with Crippen LogP contribution in [0.25, 0.3) is 5.57 Å². The van der Waals surface area contributed by atoms with Gasteiger partial charge in [-0.15, -0.1) is 6.42 Å². The number of likely N-dealkylation sites (tertiary alicyclic amines) is 1. The molecule has 6 heteroatoms. The molecule has 0 bridgehead atoms. The number of rotatable bonds is 7. The molecule has 1 aliphatic carbocycles. The van der Waals surface area contributed by atoms with Crippen LogP contribution in [0.15, 0.2) is 72.8 Å². The number of amides is 1. The van der Waals surface area contributed by atoms with E-state index in [2.05, 4.69) is 12.0 Å². The van der Waals surface area contributed by atoms with Crippen LogP contribution in [0.2, 0.25) is 10.0 Å². The van der Waals surface area contributed by atoms with Crippen molar-refractivity contribution in [1.82, 2.24) is 4.90 Å². The SMILES string of the molecule is C#Cc1ccc(C2=CC(c3ccc(Cl)cc3)C(c3ccc(Cl)cc3)C2C(=O)C2CCN(C(C)=O)CC2)c(OCC)c1. The van der Waals surface area contributed by atoms with Gasteiger partial charge >= 0.3 is 0 Å². The Balaban J connectivity index is 1.66. The number of benzene rings is 3. The highest BCUT2D eigenvalue weighted by atomic mass is 35.5. The lowest BCUT2D eigenvalue weighted by Gasteiger charge is -2.34. The first kappa shape index (κ1) is 29.0. The van der Waals surface area contributed by atoms with E-state index in [1.165, 1.54) is 0 Å². The zero-order valence-electron chi connectivity index (χ0n) is 23.3. The van der Waals surface area contributed by atoms with Gasteiger partial charge < -0.3 is 9.64 Å². The molecule has 3 unspecified atom stereocenters. The van der Waals surface area contributed by atoms with Crippen molar-refractivity contribution in [3.05, 3.63) is 105 Å². The Kier molecular flexibility index (Phi) is 8.88. The third-order valence-corrected chi connectivity index (χ3v) is 8.86. The zero-order chi connectivity index (χ0) is 29.1. The van der Waals surface area contributed by atoms with E-state index in [1.54, 1.807) is 6.92 Å². The molecule has 1 fully saturated rings. The number of piperidine rings is 1.